The van der Waals surface area contributed by atoms with Crippen LogP contribution in [0.3, 0.4) is 0 Å². The number of fused-ring (bicyclic) bond motifs is 1. The number of ether oxygens (including phenoxy) is 1. The number of nitrogens with zero attached hydrogens (tertiary/aromatic N) is 4. The highest BCUT2D eigenvalue weighted by atomic mass is 32.2. The summed E-state index contributed by atoms with van der Waals surface area (Å²) in [5, 5.41) is 0. The summed E-state index contributed by atoms with van der Waals surface area (Å²) in [7, 11) is 1.05. The van der Waals surface area contributed by atoms with Gasteiger partial charge in [-0.15, -0.1) is 0 Å². The Kier molecular flexibility index (Phi) is 7.05. The van der Waals surface area contributed by atoms with Crippen LogP contribution >= 0.6 is 0 Å². The van der Waals surface area contributed by atoms with Crippen LogP contribution in [-0.4, -0.2) is 55.9 Å². The van der Waals surface area contributed by atoms with Crippen molar-refractivity contribution in [2.24, 2.45) is 5.73 Å². The third-order valence-corrected chi connectivity index (χ3v) is 7.10. The van der Waals surface area contributed by atoms with Gasteiger partial charge in [0.05, 0.1) is 29.6 Å². The lowest BCUT2D eigenvalue weighted by Crippen LogP contribution is -2.29. The highest BCUT2D eigenvalue weighted by Crippen LogP contribution is 2.25. The van der Waals surface area contributed by atoms with Crippen LogP contribution in [0.5, 0.6) is 5.75 Å². The molecule has 172 valence electrons. The first-order valence-electron chi connectivity index (χ1n) is 10.3. The van der Waals surface area contributed by atoms with Gasteiger partial charge in [-0.1, -0.05) is 0 Å². The van der Waals surface area contributed by atoms with E-state index in [1.54, 1.807) is 25.3 Å². The summed E-state index contributed by atoms with van der Waals surface area (Å²) >= 11 is 0. The number of rotatable bonds is 10. The zero-order chi connectivity index (χ0) is 23.5. The lowest BCUT2D eigenvalue weighted by Gasteiger charge is -2.24. The van der Waals surface area contributed by atoms with Crippen molar-refractivity contribution in [2.45, 2.75) is 31.3 Å². The molecule has 1 aromatic heterocycles. The van der Waals surface area contributed by atoms with Crippen LogP contribution in [0.2, 0.25) is 0 Å². The number of imidazole rings is 1. The molecular weight excluding hydrogens is 430 g/mol. The van der Waals surface area contributed by atoms with Crippen molar-refractivity contribution < 1.29 is 17.9 Å². The molecule has 0 saturated heterocycles. The molecule has 0 aliphatic rings. The maximum Gasteiger partial charge on any atom is 0.242 e. The molecule has 3 rings (SSSR count). The molecule has 10 heteroatoms. The Morgan fingerprint density at radius 3 is 2.41 bits per heavy atom. The molecule has 3 aromatic rings. The van der Waals surface area contributed by atoms with Crippen LogP contribution in [0.4, 0.5) is 5.69 Å². The Morgan fingerprint density at radius 1 is 1.16 bits per heavy atom. The number of carbonyl (C=O) groups excluding carboxylic acids is 1. The fourth-order valence-corrected chi connectivity index (χ4v) is 4.43. The normalized spacial score (nSPS) is 11.8. The van der Waals surface area contributed by atoms with Gasteiger partial charge in [0.25, 0.3) is 0 Å². The first-order chi connectivity index (χ1) is 15.2. The molecule has 0 aliphatic carbocycles. The van der Waals surface area contributed by atoms with Crippen molar-refractivity contribution >= 4 is 32.7 Å². The molecule has 32 heavy (non-hydrogen) atoms. The summed E-state index contributed by atoms with van der Waals surface area (Å²) < 4.78 is 33.5. The average molecular weight is 460 g/mol. The van der Waals surface area contributed by atoms with E-state index < -0.39 is 10.0 Å². The Labute approximate surface area is 188 Å². The van der Waals surface area contributed by atoms with E-state index >= 15 is 0 Å². The highest BCUT2D eigenvalue weighted by Gasteiger charge is 2.20. The predicted octanol–water partition coefficient (Wildman–Crippen LogP) is 2.20. The van der Waals surface area contributed by atoms with E-state index in [1.807, 2.05) is 40.7 Å². The van der Waals surface area contributed by atoms with Gasteiger partial charge in [0, 0.05) is 39.3 Å². The largest absolute Gasteiger partial charge is 0.497 e. The van der Waals surface area contributed by atoms with E-state index in [2.05, 4.69) is 0 Å². The standard InChI is InChI=1S/C22H29N5O4S/c1-5-27-20-11-10-18(32(29,30)25(2)3)14-19(20)24-22(27)15-26(13-12-21(23)28)16-6-8-17(31-4)9-7-16/h6-11,14H,5,12-13,15H2,1-4H3,(H2,23,28). The Morgan fingerprint density at radius 2 is 1.84 bits per heavy atom. The van der Waals surface area contributed by atoms with Gasteiger partial charge in [0.15, 0.2) is 0 Å². The molecule has 0 fully saturated rings. The topological polar surface area (TPSA) is 111 Å². The number of aryl methyl sites for hydroxylation is 1. The van der Waals surface area contributed by atoms with Crippen molar-refractivity contribution in [1.29, 1.82) is 0 Å². The molecule has 0 radical (unpaired) electrons. The molecule has 2 aromatic carbocycles. The Balaban J connectivity index is 2.01. The maximum atomic E-state index is 12.5. The van der Waals surface area contributed by atoms with Gasteiger partial charge in [0.2, 0.25) is 15.9 Å². The van der Waals surface area contributed by atoms with E-state index in [0.29, 0.717) is 25.2 Å². The van der Waals surface area contributed by atoms with Gasteiger partial charge in [0.1, 0.15) is 11.6 Å². The summed E-state index contributed by atoms with van der Waals surface area (Å²) in [5.74, 6) is 1.12. The third-order valence-electron chi connectivity index (χ3n) is 5.29. The fraction of sp³-hybridized carbons (Fsp3) is 0.364. The van der Waals surface area contributed by atoms with Crippen LogP contribution in [0.1, 0.15) is 19.2 Å². The second-order valence-electron chi connectivity index (χ2n) is 7.55. The van der Waals surface area contributed by atoms with E-state index in [-0.39, 0.29) is 17.2 Å². The zero-order valence-corrected chi connectivity index (χ0v) is 19.6. The number of hydrogen-bond donors (Lipinski definition) is 1. The average Bonchev–Trinajstić information content (AvgIpc) is 3.12. The van der Waals surface area contributed by atoms with Crippen LogP contribution in [0, 0.1) is 0 Å². The molecular formula is C22H29N5O4S. The number of primary amides is 1. The van der Waals surface area contributed by atoms with Crippen molar-refractivity contribution in [3.8, 4) is 5.75 Å². The first-order valence-corrected chi connectivity index (χ1v) is 11.7. The maximum absolute atomic E-state index is 12.5. The van der Waals surface area contributed by atoms with E-state index in [9.17, 15) is 13.2 Å². The number of methoxy groups -OCH3 is 1. The van der Waals surface area contributed by atoms with Crippen LogP contribution in [0.25, 0.3) is 11.0 Å². The predicted molar refractivity (Wildman–Crippen MR) is 124 cm³/mol. The molecule has 0 aliphatic heterocycles. The van der Waals surface area contributed by atoms with Crippen LogP contribution in [0.15, 0.2) is 47.4 Å². The Hall–Kier alpha value is -3.11. The summed E-state index contributed by atoms with van der Waals surface area (Å²) in [6, 6.07) is 12.5. The van der Waals surface area contributed by atoms with E-state index in [1.165, 1.54) is 18.4 Å². The molecule has 0 unspecified atom stereocenters. The van der Waals surface area contributed by atoms with Gasteiger partial charge in [-0.25, -0.2) is 17.7 Å². The number of aromatic nitrogens is 2. The molecule has 1 amide bonds. The summed E-state index contributed by atoms with van der Waals surface area (Å²) in [6.07, 6.45) is 0.198. The van der Waals surface area contributed by atoms with Crippen molar-refractivity contribution in [3.63, 3.8) is 0 Å². The molecule has 0 spiro atoms. The molecule has 9 nitrogen and oxygen atoms in total. The number of hydrogen-bond acceptors (Lipinski definition) is 6. The number of carbonyl (C=O) groups is 1. The highest BCUT2D eigenvalue weighted by molar-refractivity contribution is 7.89. The minimum Gasteiger partial charge on any atom is -0.497 e. The SMILES string of the molecule is CCn1c(CN(CCC(N)=O)c2ccc(OC)cc2)nc2cc(S(=O)(=O)N(C)C)ccc21. The minimum absolute atomic E-state index is 0.197. The Bertz CT molecular complexity index is 1200. The molecule has 2 N–H and O–H groups in total. The van der Waals surface area contributed by atoms with Crippen LogP contribution < -0.4 is 15.4 Å². The number of nitrogens with two attached hydrogens (primary N) is 1. The number of benzene rings is 2. The monoisotopic (exact) mass is 459 g/mol. The summed E-state index contributed by atoms with van der Waals surface area (Å²) in [4.78, 5) is 18.4. The fourth-order valence-electron chi connectivity index (χ4n) is 3.51. The van der Waals surface area contributed by atoms with Gasteiger partial charge in [-0.2, -0.15) is 0 Å². The lowest BCUT2D eigenvalue weighted by molar-refractivity contribution is -0.117. The van der Waals surface area contributed by atoms with Gasteiger partial charge < -0.3 is 19.9 Å². The molecule has 1 heterocycles. The van der Waals surface area contributed by atoms with Crippen LogP contribution in [-0.2, 0) is 27.9 Å². The number of amides is 1. The lowest BCUT2D eigenvalue weighted by atomic mass is 10.2. The summed E-state index contributed by atoms with van der Waals surface area (Å²) in [6.45, 7) is 3.53. The molecule has 0 saturated carbocycles. The third kappa shape index (κ3) is 4.86. The molecule has 0 bridgehead atoms. The molecule has 0 atom stereocenters. The zero-order valence-electron chi connectivity index (χ0n) is 18.8. The van der Waals surface area contributed by atoms with E-state index in [4.69, 9.17) is 15.5 Å². The minimum atomic E-state index is -3.56. The smallest absolute Gasteiger partial charge is 0.242 e. The summed E-state index contributed by atoms with van der Waals surface area (Å²) in [5.41, 5.74) is 7.75. The van der Waals surface area contributed by atoms with E-state index in [0.717, 1.165) is 22.8 Å². The van der Waals surface area contributed by atoms with Crippen molar-refractivity contribution in [1.82, 2.24) is 13.9 Å². The van der Waals surface area contributed by atoms with Gasteiger partial charge in [-0.3, -0.25) is 4.79 Å². The quantitative estimate of drug-likeness (QED) is 0.498. The van der Waals surface area contributed by atoms with Crippen molar-refractivity contribution in [3.05, 3.63) is 48.3 Å². The first kappa shape index (κ1) is 23.6. The second-order valence-corrected chi connectivity index (χ2v) is 9.70. The second kappa shape index (κ2) is 9.58. The van der Waals surface area contributed by atoms with Gasteiger partial charge in [-0.05, 0) is 49.4 Å². The number of anilines is 1. The van der Waals surface area contributed by atoms with Crippen molar-refractivity contribution in [2.75, 3.05) is 32.6 Å². The number of sulfonamides is 1. The van der Waals surface area contributed by atoms with Gasteiger partial charge >= 0.3 is 0 Å².